The van der Waals surface area contributed by atoms with Gasteiger partial charge in [0.15, 0.2) is 5.65 Å². The first-order valence-corrected chi connectivity index (χ1v) is 8.51. The van der Waals surface area contributed by atoms with Crippen molar-refractivity contribution < 1.29 is 0 Å². The summed E-state index contributed by atoms with van der Waals surface area (Å²) in [6.45, 7) is 5.17. The number of hydrogen-bond donors (Lipinski definition) is 2. The molecule has 1 saturated carbocycles. The van der Waals surface area contributed by atoms with Crippen LogP contribution in [0.1, 0.15) is 25.5 Å². The Morgan fingerprint density at radius 1 is 1.28 bits per heavy atom. The number of anilines is 1. The molecule has 4 heterocycles. The van der Waals surface area contributed by atoms with Crippen molar-refractivity contribution in [3.05, 3.63) is 36.4 Å². The average molecular weight is 333 g/mol. The first kappa shape index (κ1) is 14.4. The zero-order valence-electron chi connectivity index (χ0n) is 14.2. The predicted molar refractivity (Wildman–Crippen MR) is 96.4 cm³/mol. The second-order valence-corrected chi connectivity index (χ2v) is 7.23. The summed E-state index contributed by atoms with van der Waals surface area (Å²) in [7, 11) is 0. The van der Waals surface area contributed by atoms with Crippen LogP contribution in [0.5, 0.6) is 0 Å². The molecule has 4 aromatic heterocycles. The highest BCUT2D eigenvalue weighted by atomic mass is 15.2. The van der Waals surface area contributed by atoms with E-state index in [0.29, 0.717) is 11.4 Å². The first-order chi connectivity index (χ1) is 12.1. The highest BCUT2D eigenvalue weighted by Crippen LogP contribution is 2.44. The number of aromatic amines is 1. The summed E-state index contributed by atoms with van der Waals surface area (Å²) in [6.07, 6.45) is 8.26. The number of fused-ring (bicyclic) bond motifs is 2. The fourth-order valence-corrected chi connectivity index (χ4v) is 3.03. The van der Waals surface area contributed by atoms with Gasteiger partial charge in [0, 0.05) is 29.9 Å². The van der Waals surface area contributed by atoms with Crippen LogP contribution in [0.3, 0.4) is 0 Å². The van der Waals surface area contributed by atoms with E-state index in [1.54, 1.807) is 4.52 Å². The lowest BCUT2D eigenvalue weighted by atomic mass is 10.1. The topological polar surface area (TPSA) is 83.8 Å². The van der Waals surface area contributed by atoms with E-state index in [4.69, 9.17) is 0 Å². The summed E-state index contributed by atoms with van der Waals surface area (Å²) < 4.78 is 1.80. The van der Waals surface area contributed by atoms with Gasteiger partial charge in [0.25, 0.3) is 0 Å². The number of imidazole rings is 1. The molecule has 0 unspecified atom stereocenters. The molecule has 5 rings (SSSR count). The Bertz CT molecular complexity index is 1090. The van der Waals surface area contributed by atoms with E-state index in [9.17, 15) is 0 Å². The lowest BCUT2D eigenvalue weighted by molar-refractivity contribution is 0.608. The highest BCUT2D eigenvalue weighted by Gasteiger charge is 2.36. The van der Waals surface area contributed by atoms with E-state index in [2.05, 4.69) is 37.3 Å². The standard InChI is InChI=1S/C18H19N7/c1-11-9-25-15(22-11)4-3-14(24-25)12-7-19-16-13(12)8-20-17(23-16)21-10-18(2)5-6-18/h3-4,7-9H,5-6,10H2,1-2H3,(H2,19,20,21,23). The van der Waals surface area contributed by atoms with Crippen LogP contribution in [0, 0.1) is 12.3 Å². The molecule has 0 radical (unpaired) electrons. The number of hydrogen-bond acceptors (Lipinski definition) is 5. The van der Waals surface area contributed by atoms with Crippen LogP contribution in [-0.2, 0) is 0 Å². The van der Waals surface area contributed by atoms with Crippen LogP contribution in [0.15, 0.2) is 30.7 Å². The van der Waals surface area contributed by atoms with Crippen molar-refractivity contribution in [1.29, 1.82) is 0 Å². The third kappa shape index (κ3) is 2.52. The molecule has 1 aliphatic carbocycles. The molecule has 0 saturated heterocycles. The van der Waals surface area contributed by atoms with Crippen molar-refractivity contribution in [1.82, 2.24) is 29.5 Å². The van der Waals surface area contributed by atoms with Crippen molar-refractivity contribution >= 4 is 22.6 Å². The summed E-state index contributed by atoms with van der Waals surface area (Å²) in [5.74, 6) is 0.669. The molecule has 2 N–H and O–H groups in total. The van der Waals surface area contributed by atoms with Gasteiger partial charge in [-0.05, 0) is 37.3 Å². The Morgan fingerprint density at radius 2 is 2.16 bits per heavy atom. The maximum atomic E-state index is 4.65. The smallest absolute Gasteiger partial charge is 0.224 e. The third-order valence-electron chi connectivity index (χ3n) is 4.93. The minimum Gasteiger partial charge on any atom is -0.354 e. The molecule has 4 aromatic rings. The van der Waals surface area contributed by atoms with Crippen molar-refractivity contribution in [2.45, 2.75) is 26.7 Å². The molecule has 126 valence electrons. The Balaban J connectivity index is 1.50. The van der Waals surface area contributed by atoms with Gasteiger partial charge in [0.05, 0.1) is 17.6 Å². The molecule has 7 heteroatoms. The number of H-pyrrole nitrogens is 1. The molecule has 1 fully saturated rings. The van der Waals surface area contributed by atoms with Gasteiger partial charge in [-0.15, -0.1) is 0 Å². The van der Waals surface area contributed by atoms with Gasteiger partial charge in [0.1, 0.15) is 5.65 Å². The van der Waals surface area contributed by atoms with Gasteiger partial charge in [0.2, 0.25) is 5.95 Å². The van der Waals surface area contributed by atoms with E-state index in [1.807, 2.05) is 37.6 Å². The molecule has 0 aliphatic heterocycles. The second-order valence-electron chi connectivity index (χ2n) is 7.23. The van der Waals surface area contributed by atoms with Crippen molar-refractivity contribution in [2.75, 3.05) is 11.9 Å². The fraction of sp³-hybridized carbons (Fsp3) is 0.333. The number of nitrogens with zero attached hydrogens (tertiary/aromatic N) is 5. The van der Waals surface area contributed by atoms with E-state index in [0.717, 1.165) is 40.2 Å². The number of nitrogens with one attached hydrogen (secondary N) is 2. The van der Waals surface area contributed by atoms with Crippen molar-refractivity contribution in [3.63, 3.8) is 0 Å². The SMILES string of the molecule is Cc1cn2nc(-c3c[nH]c4nc(NCC5(C)CC5)ncc34)ccc2n1. The minimum absolute atomic E-state index is 0.418. The Morgan fingerprint density at radius 3 is 3.00 bits per heavy atom. The molecule has 0 amide bonds. The van der Waals surface area contributed by atoms with Crippen LogP contribution in [0.25, 0.3) is 27.9 Å². The summed E-state index contributed by atoms with van der Waals surface area (Å²) >= 11 is 0. The quantitative estimate of drug-likeness (QED) is 0.599. The molecule has 0 atom stereocenters. The van der Waals surface area contributed by atoms with E-state index in [1.165, 1.54) is 12.8 Å². The van der Waals surface area contributed by atoms with E-state index in [-0.39, 0.29) is 0 Å². The molecule has 0 spiro atoms. The van der Waals surface area contributed by atoms with Crippen LogP contribution >= 0.6 is 0 Å². The van der Waals surface area contributed by atoms with Gasteiger partial charge in [-0.25, -0.2) is 14.5 Å². The van der Waals surface area contributed by atoms with Crippen LogP contribution in [-0.4, -0.2) is 36.1 Å². The van der Waals surface area contributed by atoms with E-state index >= 15 is 0 Å². The Labute approximate surface area is 144 Å². The summed E-state index contributed by atoms with van der Waals surface area (Å²) in [4.78, 5) is 16.7. The maximum absolute atomic E-state index is 4.65. The zero-order chi connectivity index (χ0) is 17.0. The monoisotopic (exact) mass is 333 g/mol. The van der Waals surface area contributed by atoms with Crippen LogP contribution in [0.2, 0.25) is 0 Å². The first-order valence-electron chi connectivity index (χ1n) is 8.51. The molecule has 0 bridgehead atoms. The minimum atomic E-state index is 0.418. The van der Waals surface area contributed by atoms with Gasteiger partial charge >= 0.3 is 0 Å². The molecule has 25 heavy (non-hydrogen) atoms. The summed E-state index contributed by atoms with van der Waals surface area (Å²) in [6, 6.07) is 3.95. The second kappa shape index (κ2) is 5.02. The van der Waals surface area contributed by atoms with Gasteiger partial charge < -0.3 is 10.3 Å². The molecular weight excluding hydrogens is 314 g/mol. The van der Waals surface area contributed by atoms with Gasteiger partial charge in [-0.1, -0.05) is 6.92 Å². The van der Waals surface area contributed by atoms with Crippen LogP contribution in [0.4, 0.5) is 5.95 Å². The third-order valence-corrected chi connectivity index (χ3v) is 4.93. The molecule has 7 nitrogen and oxygen atoms in total. The van der Waals surface area contributed by atoms with Crippen LogP contribution < -0.4 is 5.32 Å². The van der Waals surface area contributed by atoms with Crippen molar-refractivity contribution in [3.8, 4) is 11.3 Å². The highest BCUT2D eigenvalue weighted by molar-refractivity contribution is 5.92. The molecule has 1 aliphatic rings. The predicted octanol–water partition coefficient (Wildman–Crippen LogP) is 3.19. The van der Waals surface area contributed by atoms with Gasteiger partial charge in [-0.2, -0.15) is 10.1 Å². The number of aromatic nitrogens is 6. The normalized spacial score (nSPS) is 15.8. The van der Waals surface area contributed by atoms with Crippen molar-refractivity contribution in [2.24, 2.45) is 5.41 Å². The largest absolute Gasteiger partial charge is 0.354 e. The fourth-order valence-electron chi connectivity index (χ4n) is 3.03. The van der Waals surface area contributed by atoms with Gasteiger partial charge in [-0.3, -0.25) is 0 Å². The summed E-state index contributed by atoms with van der Waals surface area (Å²) in [5.41, 5.74) is 4.89. The Hall–Kier alpha value is -2.96. The molecule has 0 aromatic carbocycles. The lowest BCUT2D eigenvalue weighted by Gasteiger charge is -2.09. The average Bonchev–Trinajstić information content (AvgIpc) is 3.04. The number of rotatable bonds is 4. The Kier molecular flexibility index (Phi) is 2.89. The number of aryl methyl sites for hydroxylation is 1. The lowest BCUT2D eigenvalue weighted by Crippen LogP contribution is -2.13. The van der Waals surface area contributed by atoms with E-state index < -0.39 is 0 Å². The summed E-state index contributed by atoms with van der Waals surface area (Å²) in [5, 5.41) is 8.96. The maximum Gasteiger partial charge on any atom is 0.224 e. The zero-order valence-corrected chi connectivity index (χ0v) is 14.2. The molecular formula is C18H19N7.